The Bertz CT molecular complexity index is 234. The zero-order chi connectivity index (χ0) is 14.9. The summed E-state index contributed by atoms with van der Waals surface area (Å²) in [7, 11) is -3.67. The van der Waals surface area contributed by atoms with Crippen LogP contribution in [0.4, 0.5) is 17.7 Å². The molecule has 0 aromatic carbocycles. The molecule has 2 aliphatic carbocycles. The predicted molar refractivity (Wildman–Crippen MR) is 111 cm³/mol. The first-order valence-electron chi connectivity index (χ1n) is 7.25. The second-order valence-electron chi connectivity index (χ2n) is 4.44. The van der Waals surface area contributed by atoms with Crippen LogP contribution in [0.25, 0.3) is 0 Å². The molecule has 0 bridgehead atoms. The first-order valence-corrected chi connectivity index (χ1v) is 7.25. The minimum absolute atomic E-state index is 0. The van der Waals surface area contributed by atoms with E-state index in [-0.39, 0.29) is 53.9 Å². The third kappa shape index (κ3) is 49.5. The summed E-state index contributed by atoms with van der Waals surface area (Å²) >= 11 is 0. The van der Waals surface area contributed by atoms with Crippen LogP contribution >= 0.6 is 0 Å². The van der Waals surface area contributed by atoms with Crippen molar-refractivity contribution in [3.63, 3.8) is 0 Å². The third-order valence-electron chi connectivity index (χ3n) is 2.67. The monoisotopic (exact) mass is 467 g/mol. The Morgan fingerprint density at radius 3 is 0.577 bits per heavy atom. The topological polar surface area (TPSA) is 0 Å². The van der Waals surface area contributed by atoms with Crippen molar-refractivity contribution in [1.29, 1.82) is 0 Å². The van der Waals surface area contributed by atoms with Crippen LogP contribution in [0.3, 0.4) is 0 Å². The smallest absolute Gasteiger partial charge is 0.358 e. The van der Waals surface area contributed by atoms with Gasteiger partial charge in [-0.1, -0.05) is 48.6 Å². The Kier molecular flexibility index (Phi) is 67.7. The van der Waals surface area contributed by atoms with Gasteiger partial charge in [0.2, 0.25) is 0 Å². The average molecular weight is 467 g/mol. The van der Waals surface area contributed by atoms with Gasteiger partial charge in [0.25, 0.3) is 0 Å². The number of rotatable bonds is 0. The zero-order valence-electron chi connectivity index (χ0n) is 16.7. The van der Waals surface area contributed by atoms with Crippen molar-refractivity contribution < 1.29 is 37.1 Å². The molecule has 0 aliphatic heterocycles. The number of halogens is 4. The van der Waals surface area contributed by atoms with Gasteiger partial charge < -0.3 is 29.7 Å². The van der Waals surface area contributed by atoms with E-state index in [1.165, 1.54) is 51.4 Å². The fourth-order valence-corrected chi connectivity index (χ4v) is 1.71. The van der Waals surface area contributed by atoms with Gasteiger partial charge in [-0.15, -0.1) is 0 Å². The molecule has 0 spiro atoms. The van der Waals surface area contributed by atoms with E-state index >= 15 is 0 Å². The molecule has 26 heavy (non-hydrogen) atoms. The van der Waals surface area contributed by atoms with Crippen LogP contribution in [0.1, 0.15) is 51.4 Å². The van der Waals surface area contributed by atoms with E-state index in [0.29, 0.717) is 0 Å². The van der Waals surface area contributed by atoms with E-state index in [9.17, 15) is 12.9 Å². The predicted octanol–water partition coefficient (Wildman–Crippen LogP) is 8.18. The second kappa shape index (κ2) is 39.4. The Balaban J connectivity index is -0.0000000390. The molecule has 6 heteroatoms. The third-order valence-corrected chi connectivity index (χ3v) is 2.67. The van der Waals surface area contributed by atoms with E-state index in [4.69, 9.17) is 0 Å². The SMILES string of the molecule is C1=C\CC/C=C\CC/1.C1=C\CC/C=C\CC/1.F.FB(F)F.[CH3-].[CH3-].[CH3-].[CH3-].[Rh]. The van der Waals surface area contributed by atoms with Crippen LogP contribution in [0.5, 0.6) is 0 Å². The molecule has 0 unspecified atom stereocenters. The first-order chi connectivity index (χ1) is 9.73. The van der Waals surface area contributed by atoms with E-state index in [1.807, 2.05) is 0 Å². The van der Waals surface area contributed by atoms with Crippen LogP contribution in [-0.2, 0) is 19.5 Å². The van der Waals surface area contributed by atoms with Crippen LogP contribution in [0.15, 0.2) is 48.6 Å². The largest absolute Gasteiger partial charge is 0.762 e. The van der Waals surface area contributed by atoms with Gasteiger partial charge in [0.15, 0.2) is 0 Å². The molecular weight excluding hydrogens is 430 g/mol. The summed E-state index contributed by atoms with van der Waals surface area (Å²) in [5, 5.41) is 0. The zero-order valence-corrected chi connectivity index (χ0v) is 18.4. The van der Waals surface area contributed by atoms with Crippen molar-refractivity contribution in [2.75, 3.05) is 0 Å². The fraction of sp³-hybridized carbons (Fsp3) is 0.400. The molecule has 0 heterocycles. The van der Waals surface area contributed by atoms with Crippen molar-refractivity contribution in [2.45, 2.75) is 51.4 Å². The standard InChI is InChI=1S/2C8H12.4CH3.BF3.FH.Rh/c2*1-2-4-6-8-7-5-3-1;;;;;2-1(3)4;;/h2*1-2,7-8H,3-6H2;4*1H3;;1H;/q;;4*-1;;;/b2*2-1-,8-7-;;;;;;;. The minimum Gasteiger partial charge on any atom is -0.358 e. The Morgan fingerprint density at radius 1 is 0.423 bits per heavy atom. The van der Waals surface area contributed by atoms with Gasteiger partial charge >= 0.3 is 7.54 Å². The van der Waals surface area contributed by atoms with Gasteiger partial charge in [-0.3, -0.25) is 17.7 Å². The maximum Gasteiger partial charge on any atom is 0.762 e. The molecule has 161 valence electrons. The molecular formula is C20H37BF4Rh-4. The molecule has 0 saturated carbocycles. The van der Waals surface area contributed by atoms with E-state index in [2.05, 4.69) is 48.6 Å². The summed E-state index contributed by atoms with van der Waals surface area (Å²) in [6.45, 7) is 0. The van der Waals surface area contributed by atoms with Crippen LogP contribution in [0, 0.1) is 29.7 Å². The van der Waals surface area contributed by atoms with Gasteiger partial charge in [-0.25, -0.2) is 0 Å². The normalized spacial score (nSPS) is 18.3. The summed E-state index contributed by atoms with van der Waals surface area (Å²) in [4.78, 5) is 0. The summed E-state index contributed by atoms with van der Waals surface area (Å²) in [6.07, 6.45) is 28.0. The van der Waals surface area contributed by atoms with Crippen LogP contribution in [0.2, 0.25) is 0 Å². The Hall–Kier alpha value is -0.632. The van der Waals surface area contributed by atoms with Crippen LogP contribution in [-0.4, -0.2) is 7.54 Å². The molecule has 0 N–H and O–H groups in total. The van der Waals surface area contributed by atoms with Crippen molar-refractivity contribution in [3.8, 4) is 0 Å². The van der Waals surface area contributed by atoms with Gasteiger partial charge in [0.1, 0.15) is 0 Å². The van der Waals surface area contributed by atoms with E-state index in [0.717, 1.165) is 0 Å². The van der Waals surface area contributed by atoms with Gasteiger partial charge in [-0.2, -0.15) is 0 Å². The Labute approximate surface area is 174 Å². The van der Waals surface area contributed by atoms with Crippen LogP contribution < -0.4 is 0 Å². The molecule has 2 aliphatic rings. The molecule has 0 nitrogen and oxygen atoms in total. The average Bonchev–Trinajstić information content (AvgIpc) is 2.26. The van der Waals surface area contributed by atoms with Gasteiger partial charge in [-0.05, 0) is 51.4 Å². The molecule has 0 aromatic heterocycles. The maximum absolute atomic E-state index is 9.67. The first kappa shape index (κ1) is 44.6. The fourth-order valence-electron chi connectivity index (χ4n) is 1.71. The van der Waals surface area contributed by atoms with Crippen molar-refractivity contribution in [2.24, 2.45) is 0 Å². The molecule has 1 radical (unpaired) electrons. The number of hydrogen-bond donors (Lipinski definition) is 0. The summed E-state index contributed by atoms with van der Waals surface area (Å²) < 4.78 is 29.0. The molecule has 0 saturated heterocycles. The summed E-state index contributed by atoms with van der Waals surface area (Å²) in [6, 6.07) is 0. The van der Waals surface area contributed by atoms with Crippen molar-refractivity contribution in [1.82, 2.24) is 0 Å². The van der Waals surface area contributed by atoms with E-state index < -0.39 is 7.54 Å². The molecule has 0 aromatic rings. The summed E-state index contributed by atoms with van der Waals surface area (Å²) in [5.41, 5.74) is 0. The molecule has 0 amide bonds. The van der Waals surface area contributed by atoms with Crippen molar-refractivity contribution in [3.05, 3.63) is 78.3 Å². The quantitative estimate of drug-likeness (QED) is 0.146. The maximum atomic E-state index is 9.67. The summed E-state index contributed by atoms with van der Waals surface area (Å²) in [5.74, 6) is 0. The number of allylic oxidation sites excluding steroid dienone is 8. The minimum atomic E-state index is -3.67. The molecule has 0 fully saturated rings. The van der Waals surface area contributed by atoms with Gasteiger partial charge in [0.05, 0.1) is 0 Å². The number of hydrogen-bond acceptors (Lipinski definition) is 0. The van der Waals surface area contributed by atoms with E-state index in [1.54, 1.807) is 0 Å². The molecule has 2 rings (SSSR count). The second-order valence-corrected chi connectivity index (χ2v) is 4.44. The molecule has 0 atom stereocenters. The van der Waals surface area contributed by atoms with Crippen molar-refractivity contribution >= 4 is 7.54 Å². The van der Waals surface area contributed by atoms with Gasteiger partial charge in [0, 0.05) is 19.5 Å². The Morgan fingerprint density at radius 2 is 0.500 bits per heavy atom.